The van der Waals surface area contributed by atoms with Gasteiger partial charge in [-0.05, 0) is 13.5 Å². The number of aromatic nitrogens is 2. The van der Waals surface area contributed by atoms with Crippen LogP contribution < -0.4 is 5.32 Å². The van der Waals surface area contributed by atoms with Gasteiger partial charge in [-0.1, -0.05) is 13.8 Å². The quantitative estimate of drug-likeness (QED) is 0.730. The summed E-state index contributed by atoms with van der Waals surface area (Å²) in [5.41, 5.74) is 0. The van der Waals surface area contributed by atoms with Crippen molar-refractivity contribution in [3.63, 3.8) is 0 Å². The Morgan fingerprint density at radius 3 is 2.70 bits per heavy atom. The van der Waals surface area contributed by atoms with E-state index in [1.54, 1.807) is 0 Å². The van der Waals surface area contributed by atoms with Crippen LogP contribution in [0.1, 0.15) is 38.4 Å². The number of amides is 1. The van der Waals surface area contributed by atoms with Crippen molar-refractivity contribution in [3.8, 4) is 0 Å². The third-order valence-corrected chi connectivity index (χ3v) is 4.41. The average Bonchev–Trinajstić information content (AvgIpc) is 3.00. The maximum absolute atomic E-state index is 11.9. The summed E-state index contributed by atoms with van der Waals surface area (Å²) in [4.78, 5) is 21.0. The molecular formula is C17H31N5O. The molecule has 0 aliphatic carbocycles. The lowest BCUT2D eigenvalue weighted by molar-refractivity contribution is -0.121. The van der Waals surface area contributed by atoms with Crippen LogP contribution >= 0.6 is 0 Å². The van der Waals surface area contributed by atoms with Gasteiger partial charge in [0.05, 0.1) is 0 Å². The Morgan fingerprint density at radius 1 is 1.26 bits per heavy atom. The molecule has 2 rings (SSSR count). The maximum atomic E-state index is 11.9. The van der Waals surface area contributed by atoms with Gasteiger partial charge >= 0.3 is 0 Å². The molecule has 6 heteroatoms. The minimum absolute atomic E-state index is 0.165. The molecule has 0 radical (unpaired) electrons. The van der Waals surface area contributed by atoms with Crippen LogP contribution in [0.2, 0.25) is 0 Å². The number of nitrogens with zero attached hydrogens (tertiary/aromatic N) is 4. The second-order valence-corrected chi connectivity index (χ2v) is 6.73. The molecule has 0 spiro atoms. The molecule has 1 fully saturated rings. The van der Waals surface area contributed by atoms with E-state index in [2.05, 4.69) is 45.6 Å². The lowest BCUT2D eigenvalue weighted by Crippen LogP contribution is -2.45. The van der Waals surface area contributed by atoms with Crippen molar-refractivity contribution < 1.29 is 4.79 Å². The van der Waals surface area contributed by atoms with E-state index in [9.17, 15) is 4.79 Å². The lowest BCUT2D eigenvalue weighted by atomic mass is 10.2. The van der Waals surface area contributed by atoms with Crippen molar-refractivity contribution in [2.24, 2.45) is 0 Å². The highest BCUT2D eigenvalue weighted by atomic mass is 16.1. The van der Waals surface area contributed by atoms with Crippen LogP contribution in [0.25, 0.3) is 0 Å². The zero-order valence-corrected chi connectivity index (χ0v) is 14.8. The molecule has 2 heterocycles. The van der Waals surface area contributed by atoms with Gasteiger partial charge in [-0.15, -0.1) is 0 Å². The molecule has 6 nitrogen and oxygen atoms in total. The summed E-state index contributed by atoms with van der Waals surface area (Å²) in [6.45, 7) is 11.2. The first-order valence-electron chi connectivity index (χ1n) is 8.75. The fourth-order valence-corrected chi connectivity index (χ4v) is 2.91. The summed E-state index contributed by atoms with van der Waals surface area (Å²) in [7, 11) is 2.15. The summed E-state index contributed by atoms with van der Waals surface area (Å²) in [5.74, 6) is 1.72. The number of carbonyl (C=O) groups excluding carboxylic acids is 1. The number of likely N-dealkylation sites (N-methyl/N-ethyl adjacent to an activating group) is 1. The van der Waals surface area contributed by atoms with Crippen LogP contribution in [-0.2, 0) is 11.3 Å². The molecule has 23 heavy (non-hydrogen) atoms. The topological polar surface area (TPSA) is 53.4 Å². The second kappa shape index (κ2) is 9.03. The van der Waals surface area contributed by atoms with E-state index < -0.39 is 0 Å². The van der Waals surface area contributed by atoms with E-state index >= 15 is 0 Å². The number of piperazine rings is 1. The minimum Gasteiger partial charge on any atom is -0.356 e. The van der Waals surface area contributed by atoms with E-state index in [1.807, 2.05) is 12.4 Å². The average molecular weight is 321 g/mol. The Hall–Kier alpha value is -1.40. The van der Waals surface area contributed by atoms with Crippen molar-refractivity contribution in [1.29, 1.82) is 0 Å². The van der Waals surface area contributed by atoms with Gasteiger partial charge in [-0.2, -0.15) is 0 Å². The van der Waals surface area contributed by atoms with Gasteiger partial charge < -0.3 is 19.7 Å². The van der Waals surface area contributed by atoms with Crippen molar-refractivity contribution in [2.45, 2.75) is 39.2 Å². The SMILES string of the molecule is CC(C)c1nccn1CCCNC(=O)CCN1CCN(C)CC1. The standard InChI is InChI=1S/C17H31N5O/c1-15(2)17-19-7-10-22(17)8-4-6-18-16(23)5-9-21-13-11-20(3)12-14-21/h7,10,15H,4-6,8-9,11-14H2,1-3H3,(H,18,23). The zero-order valence-electron chi connectivity index (χ0n) is 14.8. The Morgan fingerprint density at radius 2 is 2.00 bits per heavy atom. The first-order chi connectivity index (χ1) is 11.1. The Kier molecular flexibility index (Phi) is 7.05. The fraction of sp³-hybridized carbons (Fsp3) is 0.765. The van der Waals surface area contributed by atoms with E-state index in [-0.39, 0.29) is 5.91 Å². The second-order valence-electron chi connectivity index (χ2n) is 6.73. The van der Waals surface area contributed by atoms with E-state index in [1.165, 1.54) is 0 Å². The van der Waals surface area contributed by atoms with Crippen LogP contribution in [-0.4, -0.2) is 71.6 Å². The minimum atomic E-state index is 0.165. The maximum Gasteiger partial charge on any atom is 0.221 e. The highest BCUT2D eigenvalue weighted by molar-refractivity contribution is 5.75. The molecule has 1 aromatic rings. The van der Waals surface area contributed by atoms with Crippen LogP contribution in [0.15, 0.2) is 12.4 Å². The molecule has 0 saturated carbocycles. The third-order valence-electron chi connectivity index (χ3n) is 4.41. The monoisotopic (exact) mass is 321 g/mol. The molecule has 0 bridgehead atoms. The van der Waals surface area contributed by atoms with Crippen LogP contribution in [0.4, 0.5) is 0 Å². The molecule has 0 unspecified atom stereocenters. The van der Waals surface area contributed by atoms with Crippen molar-refractivity contribution >= 4 is 5.91 Å². The number of hydrogen-bond acceptors (Lipinski definition) is 4. The van der Waals surface area contributed by atoms with Gasteiger partial charge in [-0.25, -0.2) is 4.98 Å². The molecule has 1 aliphatic heterocycles. The summed E-state index contributed by atoms with van der Waals surface area (Å²) < 4.78 is 2.18. The smallest absolute Gasteiger partial charge is 0.221 e. The van der Waals surface area contributed by atoms with Crippen LogP contribution in [0.3, 0.4) is 0 Å². The van der Waals surface area contributed by atoms with E-state index in [0.29, 0.717) is 12.3 Å². The predicted octanol–water partition coefficient (Wildman–Crippen LogP) is 1.15. The Labute approximate surface area is 139 Å². The summed E-state index contributed by atoms with van der Waals surface area (Å²) in [6.07, 6.45) is 5.41. The molecule has 0 atom stereocenters. The Balaban J connectivity index is 1.57. The lowest BCUT2D eigenvalue weighted by Gasteiger charge is -2.32. The number of imidazole rings is 1. The van der Waals surface area contributed by atoms with Crippen LogP contribution in [0, 0.1) is 0 Å². The molecular weight excluding hydrogens is 290 g/mol. The van der Waals surface area contributed by atoms with Gasteiger partial charge in [0.25, 0.3) is 0 Å². The number of nitrogens with one attached hydrogen (secondary N) is 1. The highest BCUT2D eigenvalue weighted by Crippen LogP contribution is 2.11. The summed E-state index contributed by atoms with van der Waals surface area (Å²) in [6, 6.07) is 0. The number of hydrogen-bond donors (Lipinski definition) is 1. The van der Waals surface area contributed by atoms with Crippen LogP contribution in [0.5, 0.6) is 0 Å². The molecule has 1 amide bonds. The highest BCUT2D eigenvalue weighted by Gasteiger charge is 2.14. The van der Waals surface area contributed by atoms with E-state index in [4.69, 9.17) is 0 Å². The van der Waals surface area contributed by atoms with Gasteiger partial charge in [0.1, 0.15) is 5.82 Å². The van der Waals surface area contributed by atoms with Crippen molar-refractivity contribution in [2.75, 3.05) is 46.3 Å². The molecule has 1 saturated heterocycles. The fourth-order valence-electron chi connectivity index (χ4n) is 2.91. The van der Waals surface area contributed by atoms with Gasteiger partial charge in [0, 0.05) is 70.5 Å². The number of aryl methyl sites for hydroxylation is 1. The van der Waals surface area contributed by atoms with Crippen molar-refractivity contribution in [1.82, 2.24) is 24.7 Å². The van der Waals surface area contributed by atoms with Gasteiger partial charge in [0.2, 0.25) is 5.91 Å². The zero-order chi connectivity index (χ0) is 16.7. The third kappa shape index (κ3) is 5.95. The van der Waals surface area contributed by atoms with Crippen molar-refractivity contribution in [3.05, 3.63) is 18.2 Å². The largest absolute Gasteiger partial charge is 0.356 e. The molecule has 1 aliphatic rings. The van der Waals surface area contributed by atoms with Gasteiger partial charge in [-0.3, -0.25) is 4.79 Å². The normalized spacial score (nSPS) is 16.9. The predicted molar refractivity (Wildman–Crippen MR) is 92.5 cm³/mol. The first-order valence-corrected chi connectivity index (χ1v) is 8.75. The molecule has 1 aromatic heterocycles. The Bertz CT molecular complexity index is 477. The molecule has 130 valence electrons. The van der Waals surface area contributed by atoms with Gasteiger partial charge in [0.15, 0.2) is 0 Å². The number of rotatable bonds is 8. The first kappa shape index (κ1) is 17.9. The molecule has 0 aromatic carbocycles. The van der Waals surface area contributed by atoms with E-state index in [0.717, 1.165) is 58.1 Å². The summed E-state index contributed by atoms with van der Waals surface area (Å²) in [5, 5.41) is 3.03. The summed E-state index contributed by atoms with van der Waals surface area (Å²) >= 11 is 0. The number of carbonyl (C=O) groups is 1. The molecule has 1 N–H and O–H groups in total.